The van der Waals surface area contributed by atoms with Crippen LogP contribution in [0.1, 0.15) is 44.5 Å². The maximum absolute atomic E-state index is 13.3. The Bertz CT molecular complexity index is 1200. The zero-order valence-electron chi connectivity index (χ0n) is 16.1. The Morgan fingerprint density at radius 2 is 1.93 bits per heavy atom. The number of aliphatic hydroxyl groups excluding tert-OH is 1. The Labute approximate surface area is 176 Å². The molecule has 154 valence electrons. The first kappa shape index (κ1) is 20.1. The van der Waals surface area contributed by atoms with Crippen LogP contribution in [0.25, 0.3) is 11.0 Å². The van der Waals surface area contributed by atoms with Gasteiger partial charge in [-0.3, -0.25) is 9.59 Å². The Morgan fingerprint density at radius 1 is 1.20 bits per heavy atom. The molecule has 0 saturated heterocycles. The lowest BCUT2D eigenvalue weighted by Gasteiger charge is -2.25. The predicted octanol–water partition coefficient (Wildman–Crippen LogP) is 3.16. The maximum Gasteiger partial charge on any atom is 0.337 e. The molecule has 0 saturated carbocycles. The molecule has 30 heavy (non-hydrogen) atoms. The zero-order chi connectivity index (χ0) is 21.4. The number of carbonyl (C=O) groups is 2. The van der Waals surface area contributed by atoms with Crippen molar-refractivity contribution in [2.75, 3.05) is 20.3 Å². The van der Waals surface area contributed by atoms with Crippen molar-refractivity contribution in [1.29, 1.82) is 0 Å². The quantitative estimate of drug-likeness (QED) is 0.628. The largest absolute Gasteiger partial charge is 0.465 e. The summed E-state index contributed by atoms with van der Waals surface area (Å²) in [6, 6.07) is 10.5. The van der Waals surface area contributed by atoms with Crippen LogP contribution in [-0.4, -0.2) is 42.1 Å². The summed E-state index contributed by atoms with van der Waals surface area (Å²) < 4.78 is 10.5. The van der Waals surface area contributed by atoms with Gasteiger partial charge in [0, 0.05) is 18.2 Å². The highest BCUT2D eigenvalue weighted by Gasteiger charge is 2.42. The van der Waals surface area contributed by atoms with E-state index in [1.807, 2.05) is 0 Å². The minimum atomic E-state index is -0.703. The molecule has 1 aromatic heterocycles. The summed E-state index contributed by atoms with van der Waals surface area (Å²) in [5, 5.41) is 9.93. The van der Waals surface area contributed by atoms with E-state index in [0.717, 1.165) is 0 Å². The van der Waals surface area contributed by atoms with Gasteiger partial charge in [-0.2, -0.15) is 0 Å². The third kappa shape index (κ3) is 3.26. The van der Waals surface area contributed by atoms with Crippen LogP contribution < -0.4 is 5.43 Å². The van der Waals surface area contributed by atoms with E-state index in [1.165, 1.54) is 18.1 Å². The number of aliphatic hydroxyl groups is 1. The highest BCUT2D eigenvalue weighted by molar-refractivity contribution is 6.31. The van der Waals surface area contributed by atoms with Crippen LogP contribution >= 0.6 is 11.6 Å². The molecule has 0 bridgehead atoms. The lowest BCUT2D eigenvalue weighted by Crippen LogP contribution is -2.31. The van der Waals surface area contributed by atoms with E-state index in [1.54, 1.807) is 36.4 Å². The van der Waals surface area contributed by atoms with Gasteiger partial charge >= 0.3 is 5.97 Å². The number of amides is 1. The molecule has 4 rings (SSSR count). The standard InChI is InChI=1S/C22H18ClNO6/c1-29-22(28)13-5-3-12(4-6-13)18-17-19(26)15-11-14(23)7-8-16(15)30-20(17)21(27)24(18)9-2-10-25/h3-8,11,18,25H,2,9-10H2,1H3/t18-/m1/s1. The number of fused-ring (bicyclic) bond motifs is 2. The first-order chi connectivity index (χ1) is 14.5. The van der Waals surface area contributed by atoms with E-state index >= 15 is 0 Å². The minimum absolute atomic E-state index is 0.0187. The van der Waals surface area contributed by atoms with Gasteiger partial charge in [0.1, 0.15) is 5.58 Å². The van der Waals surface area contributed by atoms with Crippen molar-refractivity contribution in [1.82, 2.24) is 4.90 Å². The van der Waals surface area contributed by atoms with Gasteiger partial charge in [0.2, 0.25) is 5.76 Å². The highest BCUT2D eigenvalue weighted by atomic mass is 35.5. The molecule has 8 heteroatoms. The van der Waals surface area contributed by atoms with Crippen LogP contribution in [0.2, 0.25) is 5.02 Å². The van der Waals surface area contributed by atoms with Crippen molar-refractivity contribution in [3.63, 3.8) is 0 Å². The second-order valence-corrected chi connectivity index (χ2v) is 7.34. The number of carbonyl (C=O) groups excluding carboxylic acids is 2. The Kier molecular flexibility index (Phi) is 5.32. The monoisotopic (exact) mass is 427 g/mol. The van der Waals surface area contributed by atoms with E-state index in [4.69, 9.17) is 20.8 Å². The molecule has 1 atom stereocenters. The molecule has 0 fully saturated rings. The Hall–Kier alpha value is -3.16. The normalized spacial score (nSPS) is 15.5. The van der Waals surface area contributed by atoms with E-state index in [-0.39, 0.29) is 40.9 Å². The topological polar surface area (TPSA) is 97.0 Å². The fourth-order valence-corrected chi connectivity index (χ4v) is 3.90. The summed E-state index contributed by atoms with van der Waals surface area (Å²) in [6.07, 6.45) is 0.343. The Morgan fingerprint density at radius 3 is 2.60 bits per heavy atom. The smallest absolute Gasteiger partial charge is 0.337 e. The van der Waals surface area contributed by atoms with Crippen molar-refractivity contribution in [2.24, 2.45) is 0 Å². The average molecular weight is 428 g/mol. The van der Waals surface area contributed by atoms with Gasteiger partial charge in [0.05, 0.1) is 29.7 Å². The molecule has 0 radical (unpaired) electrons. The summed E-state index contributed by atoms with van der Waals surface area (Å²) in [6.45, 7) is 0.132. The maximum atomic E-state index is 13.3. The van der Waals surface area contributed by atoms with E-state index < -0.39 is 17.9 Å². The third-order valence-electron chi connectivity index (χ3n) is 5.13. The van der Waals surface area contributed by atoms with Gasteiger partial charge in [-0.25, -0.2) is 4.79 Å². The van der Waals surface area contributed by atoms with E-state index in [2.05, 4.69) is 0 Å². The SMILES string of the molecule is COC(=O)c1ccc([C@@H]2c3c(oc4ccc(Cl)cc4c3=O)C(=O)N2CCCO)cc1. The predicted molar refractivity (Wildman–Crippen MR) is 110 cm³/mol. The second kappa shape index (κ2) is 7.93. The van der Waals surface area contributed by atoms with Crippen molar-refractivity contribution in [3.05, 3.63) is 80.2 Å². The summed E-state index contributed by atoms with van der Waals surface area (Å²) in [4.78, 5) is 39.6. The van der Waals surface area contributed by atoms with Crippen LogP contribution in [0.5, 0.6) is 0 Å². The molecule has 2 aromatic carbocycles. The lowest BCUT2D eigenvalue weighted by molar-refractivity contribution is 0.0599. The molecule has 3 aromatic rings. The molecule has 1 N–H and O–H groups in total. The highest BCUT2D eigenvalue weighted by Crippen LogP contribution is 2.38. The number of benzene rings is 2. The van der Waals surface area contributed by atoms with Crippen LogP contribution in [-0.2, 0) is 4.74 Å². The number of esters is 1. The Balaban J connectivity index is 1.90. The summed E-state index contributed by atoms with van der Waals surface area (Å²) in [5.41, 5.74) is 1.15. The van der Waals surface area contributed by atoms with Gasteiger partial charge in [-0.15, -0.1) is 0 Å². The number of nitrogens with zero attached hydrogens (tertiary/aromatic N) is 1. The lowest BCUT2D eigenvalue weighted by atomic mass is 9.97. The number of ether oxygens (including phenoxy) is 1. The molecular weight excluding hydrogens is 410 g/mol. The number of hydrogen-bond acceptors (Lipinski definition) is 6. The fraction of sp³-hybridized carbons (Fsp3) is 0.227. The first-order valence-corrected chi connectivity index (χ1v) is 9.70. The van der Waals surface area contributed by atoms with E-state index in [9.17, 15) is 19.5 Å². The molecule has 7 nitrogen and oxygen atoms in total. The number of hydrogen-bond donors (Lipinski definition) is 1. The third-order valence-corrected chi connectivity index (χ3v) is 5.37. The number of halogens is 1. The van der Waals surface area contributed by atoms with Gasteiger partial charge in [-0.05, 0) is 42.3 Å². The molecule has 0 unspecified atom stereocenters. The first-order valence-electron chi connectivity index (χ1n) is 9.32. The molecule has 0 aliphatic carbocycles. The average Bonchev–Trinajstić information content (AvgIpc) is 3.04. The van der Waals surface area contributed by atoms with Crippen LogP contribution in [0, 0.1) is 0 Å². The second-order valence-electron chi connectivity index (χ2n) is 6.91. The van der Waals surface area contributed by atoms with Crippen LogP contribution in [0.3, 0.4) is 0 Å². The van der Waals surface area contributed by atoms with Crippen LogP contribution in [0.4, 0.5) is 0 Å². The van der Waals surface area contributed by atoms with Gasteiger partial charge in [-0.1, -0.05) is 23.7 Å². The fourth-order valence-electron chi connectivity index (χ4n) is 3.73. The van der Waals surface area contributed by atoms with Crippen molar-refractivity contribution >= 4 is 34.4 Å². The van der Waals surface area contributed by atoms with Gasteiger partial charge in [0.25, 0.3) is 5.91 Å². The van der Waals surface area contributed by atoms with E-state index in [0.29, 0.717) is 22.6 Å². The summed E-state index contributed by atoms with van der Waals surface area (Å²) >= 11 is 6.05. The molecule has 2 heterocycles. The number of rotatable bonds is 5. The molecule has 0 spiro atoms. The van der Waals surface area contributed by atoms with Crippen LogP contribution in [0.15, 0.2) is 51.7 Å². The van der Waals surface area contributed by atoms with Crippen molar-refractivity contribution in [3.8, 4) is 0 Å². The molecule has 1 amide bonds. The molecule has 1 aliphatic rings. The summed E-state index contributed by atoms with van der Waals surface area (Å²) in [7, 11) is 1.29. The molecular formula is C22H18ClNO6. The molecule has 1 aliphatic heterocycles. The minimum Gasteiger partial charge on any atom is -0.465 e. The summed E-state index contributed by atoms with van der Waals surface area (Å²) in [5.74, 6) is -0.925. The van der Waals surface area contributed by atoms with Gasteiger partial charge in [0.15, 0.2) is 5.43 Å². The van der Waals surface area contributed by atoms with Crippen molar-refractivity contribution in [2.45, 2.75) is 12.5 Å². The number of methoxy groups -OCH3 is 1. The van der Waals surface area contributed by atoms with Crippen molar-refractivity contribution < 1.29 is 23.8 Å². The zero-order valence-corrected chi connectivity index (χ0v) is 16.8. The van der Waals surface area contributed by atoms with Gasteiger partial charge < -0.3 is 19.2 Å².